The van der Waals surface area contributed by atoms with Crippen molar-refractivity contribution in [2.75, 3.05) is 0 Å². The molecule has 5 nitrogen and oxygen atoms in total. The molecule has 0 spiro atoms. The number of benzene rings is 2. The number of amides is 1. The minimum atomic E-state index is -4.00. The summed E-state index contributed by atoms with van der Waals surface area (Å²) in [4.78, 5) is 22.9. The SMILES string of the molecule is CC(=O)c1ccc(S(=O)(=O)NC(=O)CCc2cccc(F)c2)cc1. The number of aryl methyl sites for hydroxylation is 1. The second kappa shape index (κ2) is 7.35. The zero-order valence-electron chi connectivity index (χ0n) is 13.0. The molecule has 24 heavy (non-hydrogen) atoms. The van der Waals surface area contributed by atoms with Crippen LogP contribution in [0.4, 0.5) is 4.39 Å². The molecule has 0 atom stereocenters. The molecule has 0 saturated heterocycles. The number of carbonyl (C=O) groups is 2. The average Bonchev–Trinajstić information content (AvgIpc) is 2.53. The zero-order valence-corrected chi connectivity index (χ0v) is 13.8. The molecule has 0 unspecified atom stereocenters. The third-order valence-electron chi connectivity index (χ3n) is 3.35. The number of carbonyl (C=O) groups excluding carboxylic acids is 2. The molecule has 0 heterocycles. The van der Waals surface area contributed by atoms with Gasteiger partial charge in [0, 0.05) is 12.0 Å². The molecular formula is C17H16FNO4S. The number of hydrogen-bond donors (Lipinski definition) is 1. The summed E-state index contributed by atoms with van der Waals surface area (Å²) in [5.74, 6) is -1.28. The van der Waals surface area contributed by atoms with Gasteiger partial charge in [-0.25, -0.2) is 17.5 Å². The molecule has 0 aliphatic rings. The molecule has 0 aromatic heterocycles. The van der Waals surface area contributed by atoms with Crippen LogP contribution >= 0.6 is 0 Å². The minimum absolute atomic E-state index is 0.0891. The van der Waals surface area contributed by atoms with Crippen LogP contribution in [0.15, 0.2) is 53.4 Å². The summed E-state index contributed by atoms with van der Waals surface area (Å²) in [5, 5.41) is 0. The molecule has 2 aromatic carbocycles. The third-order valence-corrected chi connectivity index (χ3v) is 4.74. The molecular weight excluding hydrogens is 333 g/mol. The van der Waals surface area contributed by atoms with E-state index in [9.17, 15) is 22.4 Å². The van der Waals surface area contributed by atoms with Crippen molar-refractivity contribution in [3.63, 3.8) is 0 Å². The fourth-order valence-electron chi connectivity index (χ4n) is 2.08. The van der Waals surface area contributed by atoms with Crippen LogP contribution in [-0.4, -0.2) is 20.1 Å². The Morgan fingerprint density at radius 2 is 1.75 bits per heavy atom. The maximum absolute atomic E-state index is 13.1. The first kappa shape index (κ1) is 17.8. The van der Waals surface area contributed by atoms with Crippen LogP contribution in [-0.2, 0) is 21.2 Å². The Hall–Kier alpha value is -2.54. The van der Waals surface area contributed by atoms with E-state index in [1.54, 1.807) is 6.07 Å². The van der Waals surface area contributed by atoms with Gasteiger partial charge < -0.3 is 0 Å². The van der Waals surface area contributed by atoms with Crippen molar-refractivity contribution in [3.05, 3.63) is 65.5 Å². The van der Waals surface area contributed by atoms with Gasteiger partial charge in [0.25, 0.3) is 10.0 Å². The van der Waals surface area contributed by atoms with Crippen LogP contribution in [0.5, 0.6) is 0 Å². The van der Waals surface area contributed by atoms with E-state index in [1.807, 2.05) is 4.72 Å². The molecule has 0 fully saturated rings. The van der Waals surface area contributed by atoms with Gasteiger partial charge in [-0.3, -0.25) is 9.59 Å². The van der Waals surface area contributed by atoms with Gasteiger partial charge in [-0.05, 0) is 43.2 Å². The molecule has 0 aliphatic heterocycles. The molecule has 0 radical (unpaired) electrons. The highest BCUT2D eigenvalue weighted by Crippen LogP contribution is 2.12. The molecule has 7 heteroatoms. The van der Waals surface area contributed by atoms with Crippen molar-refractivity contribution in [2.45, 2.75) is 24.7 Å². The molecule has 0 saturated carbocycles. The monoisotopic (exact) mass is 349 g/mol. The van der Waals surface area contributed by atoms with Crippen LogP contribution in [0.2, 0.25) is 0 Å². The van der Waals surface area contributed by atoms with Crippen molar-refractivity contribution >= 4 is 21.7 Å². The van der Waals surface area contributed by atoms with E-state index in [4.69, 9.17) is 0 Å². The van der Waals surface area contributed by atoms with Crippen LogP contribution in [0.3, 0.4) is 0 Å². The molecule has 2 rings (SSSR count). The molecule has 1 N–H and O–H groups in total. The Morgan fingerprint density at radius 1 is 1.08 bits per heavy atom. The summed E-state index contributed by atoms with van der Waals surface area (Å²) < 4.78 is 39.2. The molecule has 126 valence electrons. The predicted molar refractivity (Wildman–Crippen MR) is 86.5 cm³/mol. The Bertz CT molecular complexity index is 860. The standard InChI is InChI=1S/C17H16FNO4S/c1-12(20)14-6-8-16(9-7-14)24(22,23)19-17(21)10-5-13-3-2-4-15(18)11-13/h2-4,6-9,11H,5,10H2,1H3,(H,19,21). The lowest BCUT2D eigenvalue weighted by Gasteiger charge is -2.07. The Labute approximate surface area is 139 Å². The Kier molecular flexibility index (Phi) is 5.46. The fraction of sp³-hybridized carbons (Fsp3) is 0.176. The summed E-state index contributed by atoms with van der Waals surface area (Å²) in [6, 6.07) is 11.1. The van der Waals surface area contributed by atoms with Crippen LogP contribution in [0.1, 0.15) is 29.3 Å². The Morgan fingerprint density at radius 3 is 2.33 bits per heavy atom. The number of ketones is 1. The van der Waals surface area contributed by atoms with Crippen molar-refractivity contribution in [2.24, 2.45) is 0 Å². The minimum Gasteiger partial charge on any atom is -0.295 e. The van der Waals surface area contributed by atoms with Crippen molar-refractivity contribution < 1.29 is 22.4 Å². The highest BCUT2D eigenvalue weighted by atomic mass is 32.2. The molecule has 0 bridgehead atoms. The van der Waals surface area contributed by atoms with Crippen LogP contribution in [0.25, 0.3) is 0 Å². The summed E-state index contributed by atoms with van der Waals surface area (Å²) in [6.45, 7) is 1.37. The first-order valence-corrected chi connectivity index (χ1v) is 8.67. The topological polar surface area (TPSA) is 80.3 Å². The van der Waals surface area contributed by atoms with E-state index in [1.165, 1.54) is 49.4 Å². The second-order valence-corrected chi connectivity index (χ2v) is 6.92. The summed E-state index contributed by atoms with van der Waals surface area (Å²) in [5.41, 5.74) is 0.986. The van der Waals surface area contributed by atoms with Gasteiger partial charge in [0.1, 0.15) is 5.82 Å². The molecule has 1 amide bonds. The maximum Gasteiger partial charge on any atom is 0.264 e. The highest BCUT2D eigenvalue weighted by Gasteiger charge is 2.17. The van der Waals surface area contributed by atoms with Gasteiger partial charge in [-0.2, -0.15) is 0 Å². The highest BCUT2D eigenvalue weighted by molar-refractivity contribution is 7.90. The number of rotatable bonds is 6. The van der Waals surface area contributed by atoms with Gasteiger partial charge in [-0.15, -0.1) is 0 Å². The first-order valence-electron chi connectivity index (χ1n) is 7.19. The second-order valence-electron chi connectivity index (χ2n) is 5.24. The van der Waals surface area contributed by atoms with Gasteiger partial charge in [0.2, 0.25) is 5.91 Å². The van der Waals surface area contributed by atoms with E-state index < -0.39 is 21.7 Å². The number of nitrogens with one attached hydrogen (secondary N) is 1. The lowest BCUT2D eigenvalue weighted by Crippen LogP contribution is -2.30. The number of halogens is 1. The van der Waals surface area contributed by atoms with E-state index in [-0.39, 0.29) is 23.5 Å². The lowest BCUT2D eigenvalue weighted by atomic mass is 10.1. The van der Waals surface area contributed by atoms with Crippen molar-refractivity contribution in [1.29, 1.82) is 0 Å². The molecule has 0 aliphatic carbocycles. The zero-order chi connectivity index (χ0) is 17.7. The molecule has 2 aromatic rings. The van der Waals surface area contributed by atoms with E-state index >= 15 is 0 Å². The van der Waals surface area contributed by atoms with Crippen molar-refractivity contribution in [1.82, 2.24) is 4.72 Å². The van der Waals surface area contributed by atoms with Gasteiger partial charge >= 0.3 is 0 Å². The van der Waals surface area contributed by atoms with E-state index in [2.05, 4.69) is 0 Å². The number of sulfonamides is 1. The summed E-state index contributed by atoms with van der Waals surface area (Å²) in [6.07, 6.45) is 0.136. The van der Waals surface area contributed by atoms with E-state index in [0.717, 1.165) is 0 Å². The third kappa shape index (κ3) is 4.73. The van der Waals surface area contributed by atoms with Crippen LogP contribution < -0.4 is 4.72 Å². The smallest absolute Gasteiger partial charge is 0.264 e. The average molecular weight is 349 g/mol. The number of hydrogen-bond acceptors (Lipinski definition) is 4. The van der Waals surface area contributed by atoms with Crippen LogP contribution in [0, 0.1) is 5.82 Å². The van der Waals surface area contributed by atoms with Gasteiger partial charge in [0.15, 0.2) is 5.78 Å². The lowest BCUT2D eigenvalue weighted by molar-refractivity contribution is -0.119. The first-order chi connectivity index (χ1) is 11.3. The normalized spacial score (nSPS) is 11.1. The summed E-state index contributed by atoms with van der Waals surface area (Å²) >= 11 is 0. The van der Waals surface area contributed by atoms with Crippen molar-refractivity contribution in [3.8, 4) is 0 Å². The number of Topliss-reactive ketones (excluding diaryl/α,β-unsaturated/α-hetero) is 1. The Balaban J connectivity index is 2.00. The maximum atomic E-state index is 13.1. The predicted octanol–water partition coefficient (Wildman–Crippen LogP) is 2.47. The fourth-order valence-corrected chi connectivity index (χ4v) is 3.09. The largest absolute Gasteiger partial charge is 0.295 e. The van der Waals surface area contributed by atoms with Gasteiger partial charge in [0.05, 0.1) is 4.90 Å². The summed E-state index contributed by atoms with van der Waals surface area (Å²) in [7, 11) is -4.00. The van der Waals surface area contributed by atoms with E-state index in [0.29, 0.717) is 11.1 Å². The quantitative estimate of drug-likeness (QED) is 0.813. The van der Waals surface area contributed by atoms with Gasteiger partial charge in [-0.1, -0.05) is 24.3 Å².